The van der Waals surface area contributed by atoms with E-state index in [-0.39, 0.29) is 11.6 Å². The summed E-state index contributed by atoms with van der Waals surface area (Å²) in [5, 5.41) is 4.45. The van der Waals surface area contributed by atoms with E-state index in [4.69, 9.17) is 10.5 Å². The van der Waals surface area contributed by atoms with Crippen molar-refractivity contribution in [3.8, 4) is 17.0 Å². The minimum atomic E-state index is -0.336. The molecule has 1 atom stereocenters. The third kappa shape index (κ3) is 3.13. The summed E-state index contributed by atoms with van der Waals surface area (Å²) < 4.78 is 6.86. The fourth-order valence-corrected chi connectivity index (χ4v) is 2.24. The second kappa shape index (κ2) is 6.54. The van der Waals surface area contributed by atoms with Crippen molar-refractivity contribution in [3.63, 3.8) is 0 Å². The van der Waals surface area contributed by atoms with Crippen LogP contribution >= 0.6 is 0 Å². The molecule has 0 spiro atoms. The van der Waals surface area contributed by atoms with Gasteiger partial charge in [-0.05, 0) is 31.5 Å². The Hall–Kier alpha value is -2.14. The molecule has 2 rings (SSSR count). The molecule has 0 saturated heterocycles. The fourth-order valence-electron chi connectivity index (χ4n) is 2.24. The van der Waals surface area contributed by atoms with E-state index in [0.29, 0.717) is 17.8 Å². The van der Waals surface area contributed by atoms with E-state index in [2.05, 4.69) is 5.10 Å². The van der Waals surface area contributed by atoms with Gasteiger partial charge in [-0.25, -0.2) is 4.68 Å². The zero-order chi connectivity index (χ0) is 15.4. The summed E-state index contributed by atoms with van der Waals surface area (Å²) in [6.45, 7) is 4.38. The molecule has 5 nitrogen and oxygen atoms in total. The minimum Gasteiger partial charge on any atom is -0.496 e. The van der Waals surface area contributed by atoms with Crippen molar-refractivity contribution in [2.75, 3.05) is 7.11 Å². The van der Waals surface area contributed by atoms with Crippen LogP contribution in [0.3, 0.4) is 0 Å². The predicted molar refractivity (Wildman–Crippen MR) is 83.4 cm³/mol. The zero-order valence-corrected chi connectivity index (χ0v) is 12.7. The maximum Gasteiger partial charge on any atom is 0.271 e. The Morgan fingerprint density at radius 1 is 1.38 bits per heavy atom. The van der Waals surface area contributed by atoms with Crippen LogP contribution in [-0.2, 0) is 6.54 Å². The van der Waals surface area contributed by atoms with E-state index >= 15 is 0 Å². The highest BCUT2D eigenvalue weighted by atomic mass is 16.5. The molecule has 1 unspecified atom stereocenters. The molecule has 0 fully saturated rings. The van der Waals surface area contributed by atoms with Crippen molar-refractivity contribution in [3.05, 3.63) is 46.2 Å². The van der Waals surface area contributed by atoms with Crippen molar-refractivity contribution in [1.29, 1.82) is 0 Å². The lowest BCUT2D eigenvalue weighted by atomic mass is 10.1. The van der Waals surface area contributed by atoms with Gasteiger partial charge in [0.1, 0.15) is 5.75 Å². The number of methoxy groups -OCH3 is 1. The summed E-state index contributed by atoms with van der Waals surface area (Å²) in [5.41, 5.74) is 7.93. The standard InChI is InChI=1S/C16H21N3O2/c1-4-9-19-16(20)13(11(2)17)10-14(18-19)12-7-5-6-8-15(12)21-3/h5-8,10-11H,4,9,17H2,1-3H3. The van der Waals surface area contributed by atoms with E-state index < -0.39 is 0 Å². The van der Waals surface area contributed by atoms with Crippen LogP contribution in [-0.4, -0.2) is 16.9 Å². The first-order chi connectivity index (χ1) is 10.1. The molecule has 0 aliphatic carbocycles. The molecule has 112 valence electrons. The molecule has 1 aromatic carbocycles. The van der Waals surface area contributed by atoms with Crippen molar-refractivity contribution in [2.45, 2.75) is 32.9 Å². The van der Waals surface area contributed by atoms with Crippen LogP contribution in [0.1, 0.15) is 31.9 Å². The number of aryl methyl sites for hydroxylation is 1. The average Bonchev–Trinajstić information content (AvgIpc) is 2.49. The van der Waals surface area contributed by atoms with Gasteiger partial charge in [0.25, 0.3) is 5.56 Å². The fraction of sp³-hybridized carbons (Fsp3) is 0.375. The lowest BCUT2D eigenvalue weighted by Gasteiger charge is -2.13. The number of aromatic nitrogens is 2. The molecule has 1 heterocycles. The van der Waals surface area contributed by atoms with Gasteiger partial charge < -0.3 is 10.5 Å². The maximum absolute atomic E-state index is 12.3. The number of rotatable bonds is 5. The van der Waals surface area contributed by atoms with Gasteiger partial charge in [-0.1, -0.05) is 19.1 Å². The molecule has 0 aliphatic rings. The van der Waals surface area contributed by atoms with Crippen molar-refractivity contribution in [1.82, 2.24) is 9.78 Å². The number of nitrogens with two attached hydrogens (primary N) is 1. The van der Waals surface area contributed by atoms with Crippen LogP contribution in [0, 0.1) is 0 Å². The first-order valence-corrected chi connectivity index (χ1v) is 7.09. The van der Waals surface area contributed by atoms with Gasteiger partial charge in [-0.3, -0.25) is 4.79 Å². The summed E-state index contributed by atoms with van der Waals surface area (Å²) in [7, 11) is 1.62. The summed E-state index contributed by atoms with van der Waals surface area (Å²) in [5.74, 6) is 0.724. The monoisotopic (exact) mass is 287 g/mol. The molecule has 2 aromatic rings. The molecule has 0 saturated carbocycles. The predicted octanol–water partition coefficient (Wildman–Crippen LogP) is 2.35. The van der Waals surface area contributed by atoms with Gasteiger partial charge >= 0.3 is 0 Å². The molecule has 1 aromatic heterocycles. The quantitative estimate of drug-likeness (QED) is 0.916. The van der Waals surface area contributed by atoms with Crippen molar-refractivity contribution < 1.29 is 4.74 Å². The molecular weight excluding hydrogens is 266 g/mol. The Morgan fingerprint density at radius 3 is 2.71 bits per heavy atom. The molecule has 0 aliphatic heterocycles. The highest BCUT2D eigenvalue weighted by Gasteiger charge is 2.14. The average molecular weight is 287 g/mol. The summed E-state index contributed by atoms with van der Waals surface area (Å²) in [6.07, 6.45) is 0.834. The first-order valence-electron chi connectivity index (χ1n) is 7.09. The number of ether oxygens (including phenoxy) is 1. The van der Waals surface area contributed by atoms with Gasteiger partial charge in [-0.15, -0.1) is 0 Å². The Balaban J connectivity index is 2.66. The molecule has 0 amide bonds. The Morgan fingerprint density at radius 2 is 2.10 bits per heavy atom. The Bertz CT molecular complexity index is 677. The normalized spacial score (nSPS) is 12.2. The largest absolute Gasteiger partial charge is 0.496 e. The van der Waals surface area contributed by atoms with Crippen LogP contribution in [0.5, 0.6) is 5.75 Å². The number of benzene rings is 1. The molecular formula is C16H21N3O2. The summed E-state index contributed by atoms with van der Waals surface area (Å²) >= 11 is 0. The van der Waals surface area contributed by atoms with Crippen LogP contribution in [0.15, 0.2) is 35.1 Å². The van der Waals surface area contributed by atoms with Crippen LogP contribution < -0.4 is 16.0 Å². The summed E-state index contributed by atoms with van der Waals surface area (Å²) in [4.78, 5) is 12.3. The SMILES string of the molecule is CCCn1nc(-c2ccccc2OC)cc(C(C)N)c1=O. The lowest BCUT2D eigenvalue weighted by molar-refractivity contribution is 0.416. The van der Waals surface area contributed by atoms with Gasteiger partial charge in [-0.2, -0.15) is 5.10 Å². The third-order valence-corrected chi connectivity index (χ3v) is 3.31. The number of para-hydroxylation sites is 1. The molecule has 0 radical (unpaired) electrons. The van der Waals surface area contributed by atoms with Crippen molar-refractivity contribution >= 4 is 0 Å². The van der Waals surface area contributed by atoms with E-state index in [1.807, 2.05) is 31.2 Å². The van der Waals surface area contributed by atoms with Gasteiger partial charge in [0, 0.05) is 23.7 Å². The molecule has 2 N–H and O–H groups in total. The van der Waals surface area contributed by atoms with E-state index in [9.17, 15) is 4.79 Å². The first kappa shape index (κ1) is 15.3. The Kier molecular flexibility index (Phi) is 4.75. The molecule has 21 heavy (non-hydrogen) atoms. The number of hydrogen-bond acceptors (Lipinski definition) is 4. The second-order valence-electron chi connectivity index (χ2n) is 5.00. The van der Waals surface area contributed by atoms with Crippen molar-refractivity contribution in [2.24, 2.45) is 5.73 Å². The van der Waals surface area contributed by atoms with Gasteiger partial charge in [0.05, 0.1) is 12.8 Å². The van der Waals surface area contributed by atoms with Gasteiger partial charge in [0.2, 0.25) is 0 Å². The highest BCUT2D eigenvalue weighted by Crippen LogP contribution is 2.28. The van der Waals surface area contributed by atoms with Crippen LogP contribution in [0.2, 0.25) is 0 Å². The van der Waals surface area contributed by atoms with Crippen LogP contribution in [0.25, 0.3) is 11.3 Å². The Labute approximate surface area is 124 Å². The summed E-state index contributed by atoms with van der Waals surface area (Å²) in [6, 6.07) is 9.04. The zero-order valence-electron chi connectivity index (χ0n) is 12.7. The van der Waals surface area contributed by atoms with E-state index in [1.165, 1.54) is 4.68 Å². The van der Waals surface area contributed by atoms with Crippen LogP contribution in [0.4, 0.5) is 0 Å². The number of nitrogens with zero attached hydrogens (tertiary/aromatic N) is 2. The smallest absolute Gasteiger partial charge is 0.271 e. The lowest BCUT2D eigenvalue weighted by Crippen LogP contribution is -2.29. The van der Waals surface area contributed by atoms with E-state index in [1.54, 1.807) is 20.1 Å². The third-order valence-electron chi connectivity index (χ3n) is 3.31. The maximum atomic E-state index is 12.3. The number of hydrogen-bond donors (Lipinski definition) is 1. The second-order valence-corrected chi connectivity index (χ2v) is 5.00. The minimum absolute atomic E-state index is 0.120. The topological polar surface area (TPSA) is 70.1 Å². The molecule has 5 heteroatoms. The molecule has 0 bridgehead atoms. The van der Waals surface area contributed by atoms with E-state index in [0.717, 1.165) is 17.7 Å². The highest BCUT2D eigenvalue weighted by molar-refractivity contribution is 5.67. The van der Waals surface area contributed by atoms with Gasteiger partial charge in [0.15, 0.2) is 0 Å².